The summed E-state index contributed by atoms with van der Waals surface area (Å²) in [5, 5.41) is 18.3. The van der Waals surface area contributed by atoms with Gasteiger partial charge < -0.3 is 15.5 Å². The standard InChI is InChI=1S/C14H17BN2O2/c1-11-7-8-13(15(18)19)9-12(11)10-16-17-14-5-3-2-4-6-14/h2-9,16-19H,10H2,1H3. The van der Waals surface area contributed by atoms with Gasteiger partial charge in [0.05, 0.1) is 0 Å². The molecule has 5 heteroatoms. The smallest absolute Gasteiger partial charge is 0.423 e. The molecular formula is C14H17BN2O2. The maximum Gasteiger partial charge on any atom is 0.488 e. The van der Waals surface area contributed by atoms with Gasteiger partial charge in [-0.1, -0.05) is 36.4 Å². The molecule has 98 valence electrons. The minimum atomic E-state index is -1.43. The van der Waals surface area contributed by atoms with E-state index in [0.717, 1.165) is 16.8 Å². The summed E-state index contributed by atoms with van der Waals surface area (Å²) in [5.41, 5.74) is 9.82. The molecule has 0 saturated carbocycles. The van der Waals surface area contributed by atoms with Gasteiger partial charge in [-0.25, -0.2) is 5.43 Å². The highest BCUT2D eigenvalue weighted by Crippen LogP contribution is 2.07. The average molecular weight is 256 g/mol. The summed E-state index contributed by atoms with van der Waals surface area (Å²) in [6, 6.07) is 15.2. The van der Waals surface area contributed by atoms with Crippen molar-refractivity contribution >= 4 is 18.3 Å². The molecule has 0 spiro atoms. The van der Waals surface area contributed by atoms with Crippen LogP contribution in [0.3, 0.4) is 0 Å². The zero-order valence-corrected chi connectivity index (χ0v) is 10.8. The molecule has 2 rings (SSSR count). The van der Waals surface area contributed by atoms with Gasteiger partial charge in [-0.15, -0.1) is 0 Å². The highest BCUT2D eigenvalue weighted by Gasteiger charge is 2.11. The Morgan fingerprint density at radius 1 is 1.05 bits per heavy atom. The third-order valence-electron chi connectivity index (χ3n) is 2.96. The molecule has 2 aromatic rings. The third kappa shape index (κ3) is 3.82. The predicted molar refractivity (Wildman–Crippen MR) is 77.9 cm³/mol. The first-order valence-corrected chi connectivity index (χ1v) is 6.16. The number of nitrogens with one attached hydrogen (secondary N) is 2. The lowest BCUT2D eigenvalue weighted by atomic mass is 9.79. The minimum Gasteiger partial charge on any atom is -0.423 e. The molecule has 0 aliphatic carbocycles. The molecular weight excluding hydrogens is 239 g/mol. The van der Waals surface area contributed by atoms with Crippen molar-refractivity contribution < 1.29 is 10.0 Å². The summed E-state index contributed by atoms with van der Waals surface area (Å²) in [5.74, 6) is 0. The van der Waals surface area contributed by atoms with E-state index in [0.29, 0.717) is 12.0 Å². The Labute approximate surface area is 113 Å². The number of rotatable bonds is 5. The second-order valence-electron chi connectivity index (χ2n) is 4.40. The zero-order valence-electron chi connectivity index (χ0n) is 10.8. The van der Waals surface area contributed by atoms with E-state index < -0.39 is 7.12 Å². The Kier molecular flexibility index (Phi) is 4.57. The fraction of sp³-hybridized carbons (Fsp3) is 0.143. The monoisotopic (exact) mass is 256 g/mol. The third-order valence-corrected chi connectivity index (χ3v) is 2.96. The summed E-state index contributed by atoms with van der Waals surface area (Å²) >= 11 is 0. The van der Waals surface area contributed by atoms with Gasteiger partial charge in [0, 0.05) is 12.2 Å². The van der Waals surface area contributed by atoms with Crippen LogP contribution in [0.4, 0.5) is 5.69 Å². The second-order valence-corrected chi connectivity index (χ2v) is 4.40. The van der Waals surface area contributed by atoms with Gasteiger partial charge in [-0.3, -0.25) is 0 Å². The van der Waals surface area contributed by atoms with Crippen LogP contribution in [-0.4, -0.2) is 17.2 Å². The molecule has 0 atom stereocenters. The van der Waals surface area contributed by atoms with E-state index in [9.17, 15) is 0 Å². The van der Waals surface area contributed by atoms with Gasteiger partial charge >= 0.3 is 7.12 Å². The Bertz CT molecular complexity index is 532. The first kappa shape index (κ1) is 13.6. The number of hydrogen-bond donors (Lipinski definition) is 4. The van der Waals surface area contributed by atoms with Gasteiger partial charge in [0.1, 0.15) is 0 Å². The van der Waals surface area contributed by atoms with Crippen LogP contribution in [0, 0.1) is 6.92 Å². The van der Waals surface area contributed by atoms with E-state index in [4.69, 9.17) is 10.0 Å². The summed E-state index contributed by atoms with van der Waals surface area (Å²) in [6.07, 6.45) is 0. The Hall–Kier alpha value is -1.82. The highest BCUT2D eigenvalue weighted by molar-refractivity contribution is 6.58. The molecule has 0 aromatic heterocycles. The van der Waals surface area contributed by atoms with E-state index in [2.05, 4.69) is 10.9 Å². The fourth-order valence-corrected chi connectivity index (χ4v) is 1.81. The number of anilines is 1. The van der Waals surface area contributed by atoms with Gasteiger partial charge in [0.15, 0.2) is 0 Å². The molecule has 4 N–H and O–H groups in total. The van der Waals surface area contributed by atoms with Crippen molar-refractivity contribution in [2.24, 2.45) is 0 Å². The quantitative estimate of drug-likeness (QED) is 0.472. The Morgan fingerprint density at radius 2 is 1.79 bits per heavy atom. The molecule has 0 fully saturated rings. The van der Waals surface area contributed by atoms with Crippen LogP contribution >= 0.6 is 0 Å². The molecule has 0 heterocycles. The summed E-state index contributed by atoms with van der Waals surface area (Å²) < 4.78 is 0. The van der Waals surface area contributed by atoms with Gasteiger partial charge in [0.2, 0.25) is 0 Å². The lowest BCUT2D eigenvalue weighted by Crippen LogP contribution is -2.31. The lowest BCUT2D eigenvalue weighted by Gasteiger charge is -2.11. The first-order valence-electron chi connectivity index (χ1n) is 6.16. The average Bonchev–Trinajstić information content (AvgIpc) is 2.42. The number of aryl methyl sites for hydroxylation is 1. The van der Waals surface area contributed by atoms with Crippen molar-refractivity contribution in [1.82, 2.24) is 5.43 Å². The van der Waals surface area contributed by atoms with Crippen molar-refractivity contribution in [2.75, 3.05) is 5.43 Å². The molecule has 2 aromatic carbocycles. The Balaban J connectivity index is 1.97. The number of hydrogen-bond acceptors (Lipinski definition) is 4. The second kappa shape index (κ2) is 6.38. The van der Waals surface area contributed by atoms with Crippen molar-refractivity contribution in [3.05, 3.63) is 59.7 Å². The summed E-state index contributed by atoms with van der Waals surface area (Å²) in [6.45, 7) is 2.59. The van der Waals surface area contributed by atoms with Crippen molar-refractivity contribution in [3.8, 4) is 0 Å². The number of benzene rings is 2. The molecule has 4 nitrogen and oxygen atoms in total. The molecule has 0 amide bonds. The summed E-state index contributed by atoms with van der Waals surface area (Å²) in [7, 11) is -1.43. The Morgan fingerprint density at radius 3 is 2.47 bits per heavy atom. The van der Waals surface area contributed by atoms with Crippen LogP contribution in [0.2, 0.25) is 0 Å². The van der Waals surface area contributed by atoms with Crippen molar-refractivity contribution in [1.29, 1.82) is 0 Å². The maximum atomic E-state index is 9.16. The molecule has 0 saturated heterocycles. The van der Waals surface area contributed by atoms with Gasteiger partial charge in [-0.2, -0.15) is 0 Å². The van der Waals surface area contributed by atoms with E-state index in [1.165, 1.54) is 0 Å². The molecule has 0 bridgehead atoms. The van der Waals surface area contributed by atoms with Gasteiger partial charge in [-0.05, 0) is 35.6 Å². The van der Waals surface area contributed by atoms with Crippen LogP contribution in [0.25, 0.3) is 0 Å². The lowest BCUT2D eigenvalue weighted by molar-refractivity contribution is 0.425. The molecule has 0 radical (unpaired) electrons. The van der Waals surface area contributed by atoms with Crippen molar-refractivity contribution in [2.45, 2.75) is 13.5 Å². The largest absolute Gasteiger partial charge is 0.488 e. The normalized spacial score (nSPS) is 10.3. The molecule has 0 aliphatic heterocycles. The van der Waals surface area contributed by atoms with E-state index in [-0.39, 0.29) is 0 Å². The van der Waals surface area contributed by atoms with Crippen LogP contribution in [0.1, 0.15) is 11.1 Å². The topological polar surface area (TPSA) is 64.5 Å². The maximum absolute atomic E-state index is 9.16. The van der Waals surface area contributed by atoms with Crippen LogP contribution < -0.4 is 16.3 Å². The van der Waals surface area contributed by atoms with E-state index >= 15 is 0 Å². The molecule has 0 unspecified atom stereocenters. The number of hydrazine groups is 1. The minimum absolute atomic E-state index is 0.502. The van der Waals surface area contributed by atoms with E-state index in [1.54, 1.807) is 12.1 Å². The molecule has 0 aliphatic rings. The molecule has 19 heavy (non-hydrogen) atoms. The van der Waals surface area contributed by atoms with Crippen molar-refractivity contribution in [3.63, 3.8) is 0 Å². The zero-order chi connectivity index (χ0) is 13.7. The van der Waals surface area contributed by atoms with Crippen LogP contribution in [0.5, 0.6) is 0 Å². The van der Waals surface area contributed by atoms with Crippen LogP contribution in [0.15, 0.2) is 48.5 Å². The fourth-order valence-electron chi connectivity index (χ4n) is 1.81. The SMILES string of the molecule is Cc1ccc(B(O)O)cc1CNNc1ccccc1. The number of para-hydroxylation sites is 1. The predicted octanol–water partition coefficient (Wildman–Crippen LogP) is 0.792. The van der Waals surface area contributed by atoms with Crippen LogP contribution in [-0.2, 0) is 6.54 Å². The highest BCUT2D eigenvalue weighted by atomic mass is 16.4. The van der Waals surface area contributed by atoms with E-state index in [1.807, 2.05) is 43.3 Å². The first-order chi connectivity index (χ1) is 9.16. The van der Waals surface area contributed by atoms with Gasteiger partial charge in [0.25, 0.3) is 0 Å². The summed E-state index contributed by atoms with van der Waals surface area (Å²) in [4.78, 5) is 0.